The van der Waals surface area contributed by atoms with Crippen molar-refractivity contribution >= 4 is 28.6 Å². The van der Waals surface area contributed by atoms with Gasteiger partial charge in [-0.05, 0) is 37.6 Å². The molecule has 0 aliphatic heterocycles. The Bertz CT molecular complexity index is 880. The molecule has 0 bridgehead atoms. The van der Waals surface area contributed by atoms with Gasteiger partial charge in [0.15, 0.2) is 0 Å². The van der Waals surface area contributed by atoms with E-state index in [1.54, 1.807) is 12.1 Å². The van der Waals surface area contributed by atoms with Crippen LogP contribution in [0, 0.1) is 5.82 Å². The van der Waals surface area contributed by atoms with Crippen molar-refractivity contribution in [1.29, 1.82) is 0 Å². The van der Waals surface area contributed by atoms with Crippen molar-refractivity contribution in [3.05, 3.63) is 66.2 Å². The standard InChI is InChI=1S/C19H18FN3OS/c1-12(14-7-9-15(20)10-8-14)23-18(24)13(2)25-19-16-5-3-4-6-17(16)21-11-22-19/h3-13H,1-2H3,(H,23,24)/t12-,13-/m0/s1. The number of hydrogen-bond donors (Lipinski definition) is 1. The quantitative estimate of drug-likeness (QED) is 0.552. The van der Waals surface area contributed by atoms with Crippen molar-refractivity contribution in [1.82, 2.24) is 15.3 Å². The summed E-state index contributed by atoms with van der Waals surface area (Å²) in [6, 6.07) is 13.7. The molecule has 1 heterocycles. The lowest BCUT2D eigenvalue weighted by molar-refractivity contribution is -0.120. The number of fused-ring (bicyclic) bond motifs is 1. The van der Waals surface area contributed by atoms with Gasteiger partial charge in [-0.1, -0.05) is 42.1 Å². The van der Waals surface area contributed by atoms with Gasteiger partial charge in [-0.2, -0.15) is 0 Å². The molecule has 0 aliphatic carbocycles. The zero-order valence-corrected chi connectivity index (χ0v) is 14.8. The maximum atomic E-state index is 13.0. The molecule has 6 heteroatoms. The zero-order valence-electron chi connectivity index (χ0n) is 13.9. The highest BCUT2D eigenvalue weighted by Crippen LogP contribution is 2.28. The van der Waals surface area contributed by atoms with E-state index in [1.165, 1.54) is 30.2 Å². The van der Waals surface area contributed by atoms with Crippen molar-refractivity contribution in [2.45, 2.75) is 30.2 Å². The number of para-hydroxylation sites is 1. The predicted octanol–water partition coefficient (Wildman–Crippen LogP) is 4.13. The van der Waals surface area contributed by atoms with Gasteiger partial charge < -0.3 is 5.32 Å². The minimum Gasteiger partial charge on any atom is -0.349 e. The molecule has 0 aliphatic rings. The van der Waals surface area contributed by atoms with E-state index < -0.39 is 0 Å². The van der Waals surface area contributed by atoms with Gasteiger partial charge in [-0.25, -0.2) is 14.4 Å². The lowest BCUT2D eigenvalue weighted by Gasteiger charge is -2.18. The second kappa shape index (κ2) is 7.61. The molecule has 25 heavy (non-hydrogen) atoms. The number of hydrogen-bond acceptors (Lipinski definition) is 4. The van der Waals surface area contributed by atoms with Crippen molar-refractivity contribution < 1.29 is 9.18 Å². The summed E-state index contributed by atoms with van der Waals surface area (Å²) in [5, 5.41) is 4.35. The Morgan fingerprint density at radius 2 is 1.80 bits per heavy atom. The van der Waals surface area contributed by atoms with Gasteiger partial charge in [0.1, 0.15) is 17.2 Å². The van der Waals surface area contributed by atoms with E-state index in [9.17, 15) is 9.18 Å². The highest BCUT2D eigenvalue weighted by Gasteiger charge is 2.19. The van der Waals surface area contributed by atoms with Gasteiger partial charge >= 0.3 is 0 Å². The van der Waals surface area contributed by atoms with E-state index in [2.05, 4.69) is 15.3 Å². The van der Waals surface area contributed by atoms with Crippen LogP contribution in [0.5, 0.6) is 0 Å². The Morgan fingerprint density at radius 3 is 2.56 bits per heavy atom. The summed E-state index contributed by atoms with van der Waals surface area (Å²) in [6.45, 7) is 3.72. The normalized spacial score (nSPS) is 13.4. The fraction of sp³-hybridized carbons (Fsp3) is 0.211. The number of rotatable bonds is 5. The van der Waals surface area contributed by atoms with Gasteiger partial charge in [0.25, 0.3) is 0 Å². The van der Waals surface area contributed by atoms with Gasteiger partial charge in [0.05, 0.1) is 16.8 Å². The molecule has 1 N–H and O–H groups in total. The van der Waals surface area contributed by atoms with Crippen molar-refractivity contribution in [3.8, 4) is 0 Å². The number of halogens is 1. The Kier molecular flexibility index (Phi) is 5.28. The summed E-state index contributed by atoms with van der Waals surface area (Å²) < 4.78 is 13.0. The van der Waals surface area contributed by atoms with Crippen LogP contribution in [0.1, 0.15) is 25.5 Å². The van der Waals surface area contributed by atoms with Crippen LogP contribution in [0.3, 0.4) is 0 Å². The average Bonchev–Trinajstić information content (AvgIpc) is 2.62. The summed E-state index contributed by atoms with van der Waals surface area (Å²) in [5.74, 6) is -0.383. The maximum Gasteiger partial charge on any atom is 0.233 e. The first-order chi connectivity index (χ1) is 12.0. The first kappa shape index (κ1) is 17.4. The summed E-state index contributed by atoms with van der Waals surface area (Å²) in [5.41, 5.74) is 1.71. The smallest absolute Gasteiger partial charge is 0.233 e. The largest absolute Gasteiger partial charge is 0.349 e. The minimum atomic E-state index is -0.318. The number of aromatic nitrogens is 2. The second-order valence-electron chi connectivity index (χ2n) is 5.74. The van der Waals surface area contributed by atoms with Crippen molar-refractivity contribution in [3.63, 3.8) is 0 Å². The molecule has 0 unspecified atom stereocenters. The molecule has 0 spiro atoms. The Hall–Kier alpha value is -2.47. The maximum absolute atomic E-state index is 13.0. The Balaban J connectivity index is 1.69. The van der Waals surface area contributed by atoms with Crippen LogP contribution >= 0.6 is 11.8 Å². The number of thioether (sulfide) groups is 1. The monoisotopic (exact) mass is 355 g/mol. The number of benzene rings is 2. The van der Waals surface area contributed by atoms with E-state index in [-0.39, 0.29) is 23.0 Å². The fourth-order valence-electron chi connectivity index (χ4n) is 2.46. The summed E-state index contributed by atoms with van der Waals surface area (Å²) in [4.78, 5) is 21.0. The van der Waals surface area contributed by atoms with Gasteiger partial charge in [0, 0.05) is 5.39 Å². The summed E-state index contributed by atoms with van der Waals surface area (Å²) >= 11 is 1.40. The third kappa shape index (κ3) is 4.14. The van der Waals surface area contributed by atoms with Gasteiger partial charge in [-0.15, -0.1) is 0 Å². The van der Waals surface area contributed by atoms with Crippen LogP contribution in [0.25, 0.3) is 10.9 Å². The molecule has 2 aromatic carbocycles. The third-order valence-corrected chi connectivity index (χ3v) is 5.01. The topological polar surface area (TPSA) is 54.9 Å². The lowest BCUT2D eigenvalue weighted by Crippen LogP contribution is -2.33. The Labute approximate surface area is 149 Å². The molecule has 1 aromatic heterocycles. The number of nitrogens with zero attached hydrogens (tertiary/aromatic N) is 2. The van der Waals surface area contributed by atoms with E-state index in [0.29, 0.717) is 0 Å². The minimum absolute atomic E-state index is 0.0930. The Morgan fingerprint density at radius 1 is 1.08 bits per heavy atom. The van der Waals surface area contributed by atoms with Crippen LogP contribution in [0.2, 0.25) is 0 Å². The molecule has 0 radical (unpaired) electrons. The highest BCUT2D eigenvalue weighted by atomic mass is 32.2. The molecule has 1 amide bonds. The number of amides is 1. The molecular weight excluding hydrogens is 337 g/mol. The molecule has 0 saturated heterocycles. The average molecular weight is 355 g/mol. The number of carbonyl (C=O) groups is 1. The zero-order chi connectivity index (χ0) is 17.8. The van der Waals surface area contributed by atoms with Crippen molar-refractivity contribution in [2.24, 2.45) is 0 Å². The second-order valence-corrected chi connectivity index (χ2v) is 7.07. The van der Waals surface area contributed by atoms with Crippen LogP contribution in [0.15, 0.2) is 59.9 Å². The molecular formula is C19H18FN3OS. The summed E-state index contributed by atoms with van der Waals surface area (Å²) in [7, 11) is 0. The molecule has 3 aromatic rings. The van der Waals surface area contributed by atoms with Crippen LogP contribution < -0.4 is 5.32 Å². The van der Waals surface area contributed by atoms with Gasteiger partial charge in [-0.3, -0.25) is 4.79 Å². The molecule has 128 valence electrons. The first-order valence-corrected chi connectivity index (χ1v) is 8.85. The van der Waals surface area contributed by atoms with Crippen LogP contribution in [-0.2, 0) is 4.79 Å². The van der Waals surface area contributed by atoms with Crippen LogP contribution in [-0.4, -0.2) is 21.1 Å². The van der Waals surface area contributed by atoms with E-state index in [1.807, 2.05) is 38.1 Å². The molecule has 4 nitrogen and oxygen atoms in total. The molecule has 0 fully saturated rings. The number of carbonyl (C=O) groups excluding carboxylic acids is 1. The van der Waals surface area contributed by atoms with E-state index >= 15 is 0 Å². The van der Waals surface area contributed by atoms with Gasteiger partial charge in [0.2, 0.25) is 5.91 Å². The van der Waals surface area contributed by atoms with E-state index in [4.69, 9.17) is 0 Å². The molecule has 0 saturated carbocycles. The lowest BCUT2D eigenvalue weighted by atomic mass is 10.1. The highest BCUT2D eigenvalue weighted by molar-refractivity contribution is 8.00. The summed E-state index contributed by atoms with van der Waals surface area (Å²) in [6.07, 6.45) is 1.51. The molecule has 3 rings (SSSR count). The number of nitrogens with one attached hydrogen (secondary N) is 1. The van der Waals surface area contributed by atoms with Crippen molar-refractivity contribution in [2.75, 3.05) is 0 Å². The third-order valence-electron chi connectivity index (χ3n) is 3.89. The first-order valence-electron chi connectivity index (χ1n) is 7.97. The predicted molar refractivity (Wildman–Crippen MR) is 97.8 cm³/mol. The van der Waals surface area contributed by atoms with E-state index in [0.717, 1.165) is 21.5 Å². The fourth-order valence-corrected chi connectivity index (χ4v) is 3.38. The van der Waals surface area contributed by atoms with Crippen LogP contribution in [0.4, 0.5) is 4.39 Å². The SMILES string of the molecule is C[C@H](Sc1ncnc2ccccc12)C(=O)N[C@@H](C)c1ccc(F)cc1. The molecule has 2 atom stereocenters.